The van der Waals surface area contributed by atoms with Crippen molar-refractivity contribution in [3.8, 4) is 0 Å². The van der Waals surface area contributed by atoms with Crippen LogP contribution in [0.2, 0.25) is 0 Å². The quantitative estimate of drug-likeness (QED) is 0.338. The second kappa shape index (κ2) is 8.79. The predicted molar refractivity (Wildman–Crippen MR) is 98.9 cm³/mol. The van der Waals surface area contributed by atoms with Crippen LogP contribution in [-0.4, -0.2) is 29.0 Å². The van der Waals surface area contributed by atoms with Gasteiger partial charge in [0, 0.05) is 24.1 Å². The molecule has 28 heavy (non-hydrogen) atoms. The van der Waals surface area contributed by atoms with Gasteiger partial charge in [0.15, 0.2) is 0 Å². The number of hydrogen-bond acceptors (Lipinski definition) is 5. The van der Waals surface area contributed by atoms with Crippen LogP contribution in [0.15, 0.2) is 48.5 Å². The molecule has 0 radical (unpaired) electrons. The molecule has 0 aliphatic carbocycles. The maximum absolute atomic E-state index is 13.2. The van der Waals surface area contributed by atoms with Crippen LogP contribution in [0.3, 0.4) is 0 Å². The molecular formula is C18H15F3N2O4S. The summed E-state index contributed by atoms with van der Waals surface area (Å²) in [5.41, 5.74) is -0.768. The maximum atomic E-state index is 13.2. The van der Waals surface area contributed by atoms with Gasteiger partial charge in [0.1, 0.15) is 11.0 Å². The maximum Gasteiger partial charge on any atom is 0.417 e. The average molecular weight is 412 g/mol. The number of alkyl halides is 3. The molecule has 2 aromatic carbocycles. The third kappa shape index (κ3) is 5.26. The molecule has 2 aromatic rings. The number of non-ortho nitro benzene ring substituents is 1. The van der Waals surface area contributed by atoms with E-state index in [0.717, 1.165) is 13.2 Å². The smallest absolute Gasteiger partial charge is 0.417 e. The first-order chi connectivity index (χ1) is 13.1. The predicted octanol–water partition coefficient (Wildman–Crippen LogP) is 3.66. The largest absolute Gasteiger partial charge is 0.467 e. The molecule has 2 rings (SSSR count). The highest BCUT2D eigenvalue weighted by molar-refractivity contribution is 7.80. The van der Waals surface area contributed by atoms with Crippen molar-refractivity contribution >= 4 is 28.9 Å². The average Bonchev–Trinajstić information content (AvgIpc) is 2.66. The molecular weight excluding hydrogens is 397 g/mol. The summed E-state index contributed by atoms with van der Waals surface area (Å²) < 4.78 is 44.2. The number of hydrogen-bond donors (Lipinski definition) is 1. The Morgan fingerprint density at radius 2 is 1.82 bits per heavy atom. The zero-order valence-corrected chi connectivity index (χ0v) is 15.3. The van der Waals surface area contributed by atoms with Crippen LogP contribution in [0.1, 0.15) is 16.7 Å². The van der Waals surface area contributed by atoms with E-state index in [1.807, 2.05) is 0 Å². The van der Waals surface area contributed by atoms with Crippen molar-refractivity contribution in [1.29, 1.82) is 0 Å². The van der Waals surface area contributed by atoms with Gasteiger partial charge in [-0.25, -0.2) is 4.79 Å². The van der Waals surface area contributed by atoms with Crippen molar-refractivity contribution in [3.63, 3.8) is 0 Å². The molecule has 0 fully saturated rings. The Morgan fingerprint density at radius 3 is 2.36 bits per heavy atom. The zero-order chi connectivity index (χ0) is 20.9. The number of nitrogens with zero attached hydrogens (tertiary/aromatic N) is 1. The van der Waals surface area contributed by atoms with Crippen LogP contribution in [0.4, 0.5) is 18.9 Å². The fourth-order valence-electron chi connectivity index (χ4n) is 2.49. The van der Waals surface area contributed by atoms with Gasteiger partial charge in [-0.05, 0) is 11.6 Å². The summed E-state index contributed by atoms with van der Waals surface area (Å²) in [7, 11) is 1.14. The number of carbonyl (C=O) groups excluding carboxylic acids is 1. The molecule has 10 heteroatoms. The summed E-state index contributed by atoms with van der Waals surface area (Å²) in [5.74, 6) is -0.731. The number of ether oxygens (including phenoxy) is 1. The molecule has 0 aliphatic rings. The molecule has 0 bridgehead atoms. The minimum Gasteiger partial charge on any atom is -0.467 e. The SMILES string of the molecule is COC(=O)C(Cc1ccc([N+](=O)[O-])cc1)NC(=S)c1ccccc1C(F)(F)F. The summed E-state index contributed by atoms with van der Waals surface area (Å²) in [4.78, 5) is 22.0. The molecule has 0 aliphatic heterocycles. The van der Waals surface area contributed by atoms with E-state index >= 15 is 0 Å². The molecule has 0 aromatic heterocycles. The molecule has 0 saturated heterocycles. The van der Waals surface area contributed by atoms with E-state index in [1.54, 1.807) is 0 Å². The van der Waals surface area contributed by atoms with Crippen LogP contribution in [0, 0.1) is 10.1 Å². The lowest BCUT2D eigenvalue weighted by Crippen LogP contribution is -2.43. The summed E-state index contributed by atoms with van der Waals surface area (Å²) in [5, 5.41) is 13.3. The number of nitrogens with one attached hydrogen (secondary N) is 1. The second-order valence-corrected chi connectivity index (χ2v) is 6.13. The van der Waals surface area contributed by atoms with Crippen LogP contribution in [0.5, 0.6) is 0 Å². The number of thiocarbonyl (C=S) groups is 1. The van der Waals surface area contributed by atoms with E-state index in [-0.39, 0.29) is 22.7 Å². The van der Waals surface area contributed by atoms with E-state index in [0.29, 0.717) is 5.56 Å². The standard InChI is InChI=1S/C18H15F3N2O4S/c1-27-17(24)15(10-11-6-8-12(9-7-11)23(25)26)22-16(28)13-4-2-3-5-14(13)18(19,20)21/h2-9,15H,10H2,1H3,(H,22,28). The van der Waals surface area contributed by atoms with Crippen molar-refractivity contribution < 1.29 is 27.6 Å². The lowest BCUT2D eigenvalue weighted by molar-refractivity contribution is -0.384. The number of benzene rings is 2. The van der Waals surface area contributed by atoms with E-state index in [1.165, 1.54) is 42.5 Å². The number of methoxy groups -OCH3 is 1. The Labute approximate surface area is 163 Å². The molecule has 0 heterocycles. The van der Waals surface area contributed by atoms with Crippen molar-refractivity contribution in [2.75, 3.05) is 7.11 Å². The lowest BCUT2D eigenvalue weighted by atomic mass is 10.0. The minimum atomic E-state index is -4.61. The molecule has 0 amide bonds. The molecule has 0 saturated carbocycles. The van der Waals surface area contributed by atoms with Gasteiger partial charge in [-0.2, -0.15) is 13.2 Å². The van der Waals surface area contributed by atoms with Crippen LogP contribution >= 0.6 is 12.2 Å². The van der Waals surface area contributed by atoms with Crippen molar-refractivity contribution in [3.05, 3.63) is 75.3 Å². The minimum absolute atomic E-state index is 0.0129. The molecule has 1 N–H and O–H groups in total. The van der Waals surface area contributed by atoms with E-state index < -0.39 is 28.7 Å². The first kappa shape index (κ1) is 21.3. The monoisotopic (exact) mass is 412 g/mol. The van der Waals surface area contributed by atoms with Crippen LogP contribution in [0.25, 0.3) is 0 Å². The van der Waals surface area contributed by atoms with Crippen LogP contribution in [-0.2, 0) is 22.1 Å². The van der Waals surface area contributed by atoms with Gasteiger partial charge in [-0.1, -0.05) is 42.5 Å². The Hall–Kier alpha value is -3.01. The zero-order valence-electron chi connectivity index (χ0n) is 14.5. The van der Waals surface area contributed by atoms with E-state index in [9.17, 15) is 28.1 Å². The van der Waals surface area contributed by atoms with Crippen molar-refractivity contribution in [2.45, 2.75) is 18.6 Å². The number of nitro groups is 1. The summed E-state index contributed by atoms with van der Waals surface area (Å²) >= 11 is 5.08. The summed E-state index contributed by atoms with van der Waals surface area (Å²) in [6, 6.07) is 9.10. The summed E-state index contributed by atoms with van der Waals surface area (Å²) in [6.45, 7) is 0. The van der Waals surface area contributed by atoms with Crippen LogP contribution < -0.4 is 5.32 Å². The molecule has 0 spiro atoms. The molecule has 148 valence electrons. The molecule has 6 nitrogen and oxygen atoms in total. The van der Waals surface area contributed by atoms with Gasteiger partial charge >= 0.3 is 12.1 Å². The van der Waals surface area contributed by atoms with Gasteiger partial charge in [-0.3, -0.25) is 10.1 Å². The normalized spacial score (nSPS) is 12.1. The number of esters is 1. The number of carbonyl (C=O) groups is 1. The highest BCUT2D eigenvalue weighted by Gasteiger charge is 2.34. The third-order valence-electron chi connectivity index (χ3n) is 3.86. The highest BCUT2D eigenvalue weighted by Crippen LogP contribution is 2.32. The van der Waals surface area contributed by atoms with Gasteiger partial charge in [0.25, 0.3) is 5.69 Å². The van der Waals surface area contributed by atoms with Gasteiger partial charge < -0.3 is 10.1 Å². The first-order valence-corrected chi connectivity index (χ1v) is 8.32. The lowest BCUT2D eigenvalue weighted by Gasteiger charge is -2.20. The first-order valence-electron chi connectivity index (χ1n) is 7.91. The van der Waals surface area contributed by atoms with E-state index in [2.05, 4.69) is 10.1 Å². The molecule has 1 atom stereocenters. The number of rotatable bonds is 6. The second-order valence-electron chi connectivity index (χ2n) is 5.72. The number of nitro benzene ring substituents is 1. The summed E-state index contributed by atoms with van der Waals surface area (Å²) in [6.07, 6.45) is -4.60. The van der Waals surface area contributed by atoms with E-state index in [4.69, 9.17) is 12.2 Å². The Bertz CT molecular complexity index is 885. The van der Waals surface area contributed by atoms with Crippen molar-refractivity contribution in [1.82, 2.24) is 5.32 Å². The van der Waals surface area contributed by atoms with Gasteiger partial charge in [0.2, 0.25) is 0 Å². The Morgan fingerprint density at radius 1 is 1.21 bits per heavy atom. The third-order valence-corrected chi connectivity index (χ3v) is 4.19. The van der Waals surface area contributed by atoms with Gasteiger partial charge in [0.05, 0.1) is 17.6 Å². The fraction of sp³-hybridized carbons (Fsp3) is 0.222. The fourth-order valence-corrected chi connectivity index (χ4v) is 2.81. The highest BCUT2D eigenvalue weighted by atomic mass is 32.1. The molecule has 1 unspecified atom stereocenters. The topological polar surface area (TPSA) is 81.5 Å². The van der Waals surface area contributed by atoms with Crippen molar-refractivity contribution in [2.24, 2.45) is 0 Å². The Balaban J connectivity index is 2.24. The number of halogens is 3. The Kier molecular flexibility index (Phi) is 6.68. The van der Waals surface area contributed by atoms with Gasteiger partial charge in [-0.15, -0.1) is 0 Å².